The molecule has 0 saturated carbocycles. The first-order chi connectivity index (χ1) is 7.24. The van der Waals surface area contributed by atoms with Crippen LogP contribution in [0, 0.1) is 0 Å². The van der Waals surface area contributed by atoms with E-state index in [1.807, 2.05) is 37.3 Å². The highest BCUT2D eigenvalue weighted by molar-refractivity contribution is 5.13. The Balaban J connectivity index is 2.34. The van der Waals surface area contributed by atoms with Gasteiger partial charge >= 0.3 is 0 Å². The number of aliphatic hydroxyl groups is 1. The molecule has 1 aromatic rings. The molecule has 2 heteroatoms. The fourth-order valence-corrected chi connectivity index (χ4v) is 1.28. The van der Waals surface area contributed by atoms with Crippen LogP contribution in [-0.4, -0.2) is 17.3 Å². The van der Waals surface area contributed by atoms with E-state index in [1.165, 1.54) is 0 Å². The molecule has 0 aliphatic rings. The first-order valence-corrected chi connectivity index (χ1v) is 5.18. The lowest BCUT2D eigenvalue weighted by Crippen LogP contribution is -2.25. The maximum absolute atomic E-state index is 9.60. The zero-order valence-corrected chi connectivity index (χ0v) is 9.10. The van der Waals surface area contributed by atoms with Crippen LogP contribution in [0.3, 0.4) is 0 Å². The molecule has 0 heterocycles. The van der Waals surface area contributed by atoms with E-state index in [2.05, 4.69) is 6.58 Å². The molecule has 2 atom stereocenters. The second-order valence-corrected chi connectivity index (χ2v) is 3.59. The standard InChI is InChI=1S/C13H18O2/c1-3-7-13(14)11(2)15-10-12-8-5-4-6-9-12/h3-6,8-9,11,13-14H,1,7,10H2,2H3/t11-,13?/m1/s1. The molecule has 1 unspecified atom stereocenters. The van der Waals surface area contributed by atoms with Gasteiger partial charge in [0.1, 0.15) is 0 Å². The number of hydrogen-bond donors (Lipinski definition) is 1. The predicted octanol–water partition coefficient (Wildman–Crippen LogP) is 2.53. The van der Waals surface area contributed by atoms with E-state index >= 15 is 0 Å². The van der Waals surface area contributed by atoms with Gasteiger partial charge in [-0.2, -0.15) is 0 Å². The van der Waals surface area contributed by atoms with E-state index < -0.39 is 6.10 Å². The molecule has 0 aromatic heterocycles. The second kappa shape index (κ2) is 6.38. The molecule has 0 radical (unpaired) electrons. The summed E-state index contributed by atoms with van der Waals surface area (Å²) in [6.45, 7) is 6.00. The summed E-state index contributed by atoms with van der Waals surface area (Å²) in [5, 5.41) is 9.60. The lowest BCUT2D eigenvalue weighted by Gasteiger charge is -2.18. The molecule has 0 aliphatic heterocycles. The predicted molar refractivity (Wildman–Crippen MR) is 61.5 cm³/mol. The lowest BCUT2D eigenvalue weighted by molar-refractivity contribution is -0.0333. The van der Waals surface area contributed by atoms with Crippen LogP contribution in [0.15, 0.2) is 43.0 Å². The molecule has 1 N–H and O–H groups in total. The Kier molecular flexibility index (Phi) is 5.08. The molecule has 1 aromatic carbocycles. The van der Waals surface area contributed by atoms with Crippen molar-refractivity contribution in [3.05, 3.63) is 48.6 Å². The highest BCUT2D eigenvalue weighted by atomic mass is 16.5. The van der Waals surface area contributed by atoms with Crippen LogP contribution >= 0.6 is 0 Å². The fourth-order valence-electron chi connectivity index (χ4n) is 1.28. The minimum Gasteiger partial charge on any atom is -0.390 e. The molecular formula is C13H18O2. The molecule has 0 bridgehead atoms. The summed E-state index contributed by atoms with van der Waals surface area (Å²) in [4.78, 5) is 0. The number of aliphatic hydroxyl groups excluding tert-OH is 1. The fraction of sp³-hybridized carbons (Fsp3) is 0.385. The maximum atomic E-state index is 9.60. The van der Waals surface area contributed by atoms with Crippen LogP contribution < -0.4 is 0 Å². The smallest absolute Gasteiger partial charge is 0.0833 e. The van der Waals surface area contributed by atoms with E-state index in [4.69, 9.17) is 4.74 Å². The van der Waals surface area contributed by atoms with Gasteiger partial charge in [-0.1, -0.05) is 36.4 Å². The Morgan fingerprint density at radius 2 is 2.07 bits per heavy atom. The SMILES string of the molecule is C=CCC(O)[C@@H](C)OCc1ccccc1. The molecule has 0 fully saturated rings. The van der Waals surface area contributed by atoms with Crippen molar-refractivity contribution in [1.29, 1.82) is 0 Å². The van der Waals surface area contributed by atoms with Crippen molar-refractivity contribution in [3.8, 4) is 0 Å². The monoisotopic (exact) mass is 206 g/mol. The van der Waals surface area contributed by atoms with Gasteiger partial charge in [0, 0.05) is 0 Å². The van der Waals surface area contributed by atoms with Crippen molar-refractivity contribution in [3.63, 3.8) is 0 Å². The first-order valence-electron chi connectivity index (χ1n) is 5.18. The summed E-state index contributed by atoms with van der Waals surface area (Å²) in [5.74, 6) is 0. The topological polar surface area (TPSA) is 29.5 Å². The van der Waals surface area contributed by atoms with Crippen molar-refractivity contribution >= 4 is 0 Å². The van der Waals surface area contributed by atoms with E-state index in [0.717, 1.165) is 5.56 Å². The van der Waals surface area contributed by atoms with Gasteiger partial charge in [-0.3, -0.25) is 0 Å². The van der Waals surface area contributed by atoms with Crippen molar-refractivity contribution in [2.24, 2.45) is 0 Å². The normalized spacial score (nSPS) is 14.5. The molecular weight excluding hydrogens is 188 g/mol. The minimum atomic E-state index is -0.466. The summed E-state index contributed by atoms with van der Waals surface area (Å²) in [5.41, 5.74) is 1.12. The minimum absolute atomic E-state index is 0.164. The Hall–Kier alpha value is -1.12. The van der Waals surface area contributed by atoms with Crippen molar-refractivity contribution in [1.82, 2.24) is 0 Å². The van der Waals surface area contributed by atoms with Crippen molar-refractivity contribution in [2.45, 2.75) is 32.2 Å². The third kappa shape index (κ3) is 4.28. The van der Waals surface area contributed by atoms with Gasteiger partial charge in [0.2, 0.25) is 0 Å². The van der Waals surface area contributed by atoms with Gasteiger partial charge in [-0.15, -0.1) is 6.58 Å². The Labute approximate surface area is 91.2 Å². The molecule has 1 rings (SSSR count). The van der Waals surface area contributed by atoms with Gasteiger partial charge in [-0.05, 0) is 18.9 Å². The zero-order chi connectivity index (χ0) is 11.1. The zero-order valence-electron chi connectivity index (χ0n) is 9.10. The summed E-state index contributed by atoms with van der Waals surface area (Å²) in [7, 11) is 0. The molecule has 82 valence electrons. The van der Waals surface area contributed by atoms with E-state index in [1.54, 1.807) is 6.08 Å². The molecule has 15 heavy (non-hydrogen) atoms. The van der Waals surface area contributed by atoms with E-state index in [-0.39, 0.29) is 6.10 Å². The number of rotatable bonds is 6. The molecule has 0 aliphatic carbocycles. The third-order valence-electron chi connectivity index (χ3n) is 2.31. The quantitative estimate of drug-likeness (QED) is 0.725. The second-order valence-electron chi connectivity index (χ2n) is 3.59. The number of benzene rings is 1. The molecule has 0 spiro atoms. The highest BCUT2D eigenvalue weighted by Gasteiger charge is 2.12. The van der Waals surface area contributed by atoms with Gasteiger partial charge in [0.05, 0.1) is 18.8 Å². The largest absolute Gasteiger partial charge is 0.390 e. The Morgan fingerprint density at radius 3 is 2.67 bits per heavy atom. The van der Waals surface area contributed by atoms with E-state index in [9.17, 15) is 5.11 Å². The average Bonchev–Trinajstić information content (AvgIpc) is 2.27. The average molecular weight is 206 g/mol. The van der Waals surface area contributed by atoms with E-state index in [0.29, 0.717) is 13.0 Å². The van der Waals surface area contributed by atoms with Crippen LogP contribution in [0.1, 0.15) is 18.9 Å². The molecule has 0 saturated heterocycles. The summed E-state index contributed by atoms with van der Waals surface area (Å²) in [6.07, 6.45) is 1.64. The highest BCUT2D eigenvalue weighted by Crippen LogP contribution is 2.08. The van der Waals surface area contributed by atoms with Crippen LogP contribution in [0.25, 0.3) is 0 Å². The van der Waals surface area contributed by atoms with Crippen molar-refractivity contribution < 1.29 is 9.84 Å². The maximum Gasteiger partial charge on any atom is 0.0833 e. The first kappa shape index (κ1) is 12.0. The lowest BCUT2D eigenvalue weighted by atomic mass is 10.1. The summed E-state index contributed by atoms with van der Waals surface area (Å²) < 4.78 is 5.54. The van der Waals surface area contributed by atoms with Gasteiger partial charge in [0.25, 0.3) is 0 Å². The summed E-state index contributed by atoms with van der Waals surface area (Å²) in [6, 6.07) is 9.94. The van der Waals surface area contributed by atoms with Gasteiger partial charge < -0.3 is 9.84 Å². The van der Waals surface area contributed by atoms with Gasteiger partial charge in [0.15, 0.2) is 0 Å². The van der Waals surface area contributed by atoms with Crippen LogP contribution in [0.5, 0.6) is 0 Å². The molecule has 0 amide bonds. The third-order valence-corrected chi connectivity index (χ3v) is 2.31. The molecule has 2 nitrogen and oxygen atoms in total. The summed E-state index contributed by atoms with van der Waals surface area (Å²) >= 11 is 0. The Morgan fingerprint density at radius 1 is 1.40 bits per heavy atom. The Bertz CT molecular complexity index is 282. The van der Waals surface area contributed by atoms with Gasteiger partial charge in [-0.25, -0.2) is 0 Å². The van der Waals surface area contributed by atoms with Crippen LogP contribution in [-0.2, 0) is 11.3 Å². The number of hydrogen-bond acceptors (Lipinski definition) is 2. The van der Waals surface area contributed by atoms with Crippen LogP contribution in [0.2, 0.25) is 0 Å². The van der Waals surface area contributed by atoms with Crippen molar-refractivity contribution in [2.75, 3.05) is 0 Å². The van der Waals surface area contributed by atoms with Crippen LogP contribution in [0.4, 0.5) is 0 Å². The number of ether oxygens (including phenoxy) is 1.